The molecule has 0 radical (unpaired) electrons. The Kier molecular flexibility index (Phi) is 6.64. The van der Waals surface area contributed by atoms with Crippen LogP contribution in [0.1, 0.15) is 13.3 Å². The van der Waals surface area contributed by atoms with Gasteiger partial charge in [0.1, 0.15) is 5.25 Å². The zero-order valence-electron chi connectivity index (χ0n) is 11.4. The van der Waals surface area contributed by atoms with Crippen LogP contribution in [0.2, 0.25) is 0 Å². The van der Waals surface area contributed by atoms with Gasteiger partial charge in [0, 0.05) is 24.7 Å². The van der Waals surface area contributed by atoms with Gasteiger partial charge in [0.15, 0.2) is 9.84 Å². The molecule has 0 saturated heterocycles. The van der Waals surface area contributed by atoms with Gasteiger partial charge in [0.05, 0.1) is 4.90 Å². The maximum Gasteiger partial charge on any atom is 0.238 e. The van der Waals surface area contributed by atoms with Gasteiger partial charge in [-0.2, -0.15) is 0 Å². The van der Waals surface area contributed by atoms with E-state index in [1.807, 2.05) is 0 Å². The molecule has 112 valence electrons. The molecule has 0 fully saturated rings. The van der Waals surface area contributed by atoms with Crippen LogP contribution in [-0.4, -0.2) is 39.8 Å². The SMILES string of the molecule is COCCCNC(=O)C(C)S(=O)(=O)c1ccc(Br)cc1. The first-order valence-electron chi connectivity index (χ1n) is 6.15. The van der Waals surface area contributed by atoms with Crippen LogP contribution in [0.25, 0.3) is 0 Å². The molecule has 0 spiro atoms. The van der Waals surface area contributed by atoms with E-state index in [1.54, 1.807) is 19.2 Å². The Labute approximate surface area is 127 Å². The van der Waals surface area contributed by atoms with E-state index in [4.69, 9.17) is 4.74 Å². The summed E-state index contributed by atoms with van der Waals surface area (Å²) in [6.45, 7) is 2.31. The molecule has 1 unspecified atom stereocenters. The van der Waals surface area contributed by atoms with Crippen LogP contribution in [0, 0.1) is 0 Å². The van der Waals surface area contributed by atoms with Gasteiger partial charge in [-0.3, -0.25) is 4.79 Å². The van der Waals surface area contributed by atoms with Gasteiger partial charge in [0.2, 0.25) is 5.91 Å². The Hall–Kier alpha value is -0.920. The zero-order valence-corrected chi connectivity index (χ0v) is 13.8. The van der Waals surface area contributed by atoms with Gasteiger partial charge >= 0.3 is 0 Å². The highest BCUT2D eigenvalue weighted by molar-refractivity contribution is 9.10. The fourth-order valence-corrected chi connectivity index (χ4v) is 3.09. The van der Waals surface area contributed by atoms with Crippen LogP contribution < -0.4 is 5.32 Å². The van der Waals surface area contributed by atoms with E-state index in [1.165, 1.54) is 19.1 Å². The maximum atomic E-state index is 12.3. The quantitative estimate of drug-likeness (QED) is 0.749. The topological polar surface area (TPSA) is 72.5 Å². The summed E-state index contributed by atoms with van der Waals surface area (Å²) in [6.07, 6.45) is 0.646. The van der Waals surface area contributed by atoms with Gasteiger partial charge in [-0.25, -0.2) is 8.42 Å². The highest BCUT2D eigenvalue weighted by atomic mass is 79.9. The predicted molar refractivity (Wildman–Crippen MR) is 80.3 cm³/mol. The molecule has 0 heterocycles. The Morgan fingerprint density at radius 2 is 1.95 bits per heavy atom. The largest absolute Gasteiger partial charge is 0.385 e. The van der Waals surface area contributed by atoms with Crippen molar-refractivity contribution in [1.82, 2.24) is 5.32 Å². The van der Waals surface area contributed by atoms with Crippen molar-refractivity contribution in [1.29, 1.82) is 0 Å². The summed E-state index contributed by atoms with van der Waals surface area (Å²) in [4.78, 5) is 12.0. The minimum atomic E-state index is -3.66. The number of ether oxygens (including phenoxy) is 1. The van der Waals surface area contributed by atoms with E-state index in [9.17, 15) is 13.2 Å². The molecular formula is C13H18BrNO4S. The molecule has 7 heteroatoms. The summed E-state index contributed by atoms with van der Waals surface area (Å²) in [5, 5.41) is 1.48. The summed E-state index contributed by atoms with van der Waals surface area (Å²) in [5.74, 6) is -0.496. The van der Waals surface area contributed by atoms with Crippen molar-refractivity contribution in [2.24, 2.45) is 0 Å². The Morgan fingerprint density at radius 3 is 2.50 bits per heavy atom. The second-order valence-electron chi connectivity index (χ2n) is 4.28. The highest BCUT2D eigenvalue weighted by Crippen LogP contribution is 2.19. The number of carbonyl (C=O) groups excluding carboxylic acids is 1. The Bertz CT molecular complexity index is 542. The molecular weight excluding hydrogens is 346 g/mol. The lowest BCUT2D eigenvalue weighted by atomic mass is 10.4. The Balaban J connectivity index is 2.71. The average Bonchev–Trinajstić information content (AvgIpc) is 2.43. The lowest BCUT2D eigenvalue weighted by Gasteiger charge is -2.13. The molecule has 0 saturated carbocycles. The van der Waals surface area contributed by atoms with Crippen LogP contribution in [0.3, 0.4) is 0 Å². The maximum absolute atomic E-state index is 12.3. The molecule has 1 amide bonds. The number of sulfone groups is 1. The number of rotatable bonds is 7. The van der Waals surface area contributed by atoms with Gasteiger partial charge in [-0.05, 0) is 37.6 Å². The number of hydrogen-bond acceptors (Lipinski definition) is 4. The monoisotopic (exact) mass is 363 g/mol. The van der Waals surface area contributed by atoms with Gasteiger partial charge < -0.3 is 10.1 Å². The first kappa shape index (κ1) is 17.1. The van der Waals surface area contributed by atoms with E-state index < -0.39 is 21.0 Å². The van der Waals surface area contributed by atoms with Crippen LogP contribution in [-0.2, 0) is 19.4 Å². The van der Waals surface area contributed by atoms with Crippen molar-refractivity contribution < 1.29 is 17.9 Å². The van der Waals surface area contributed by atoms with Crippen molar-refractivity contribution in [3.8, 4) is 0 Å². The zero-order chi connectivity index (χ0) is 15.2. The number of carbonyl (C=O) groups is 1. The summed E-state index contributed by atoms with van der Waals surface area (Å²) < 4.78 is 30.2. The summed E-state index contributed by atoms with van der Waals surface area (Å²) >= 11 is 3.24. The number of methoxy groups -OCH3 is 1. The van der Waals surface area contributed by atoms with E-state index in [0.29, 0.717) is 19.6 Å². The van der Waals surface area contributed by atoms with Crippen LogP contribution in [0.4, 0.5) is 0 Å². The lowest BCUT2D eigenvalue weighted by Crippen LogP contribution is -2.38. The third-order valence-corrected chi connectivity index (χ3v) is 5.40. The molecule has 1 atom stereocenters. The van der Waals surface area contributed by atoms with Crippen LogP contribution >= 0.6 is 15.9 Å². The molecule has 0 aliphatic heterocycles. The Morgan fingerprint density at radius 1 is 1.35 bits per heavy atom. The first-order chi connectivity index (χ1) is 9.39. The second kappa shape index (κ2) is 7.75. The van der Waals surface area contributed by atoms with Crippen LogP contribution in [0.15, 0.2) is 33.6 Å². The fourth-order valence-electron chi connectivity index (χ4n) is 1.54. The van der Waals surface area contributed by atoms with Crippen molar-refractivity contribution >= 4 is 31.7 Å². The smallest absolute Gasteiger partial charge is 0.238 e. The standard InChI is InChI=1S/C13H18BrNO4S/c1-10(13(16)15-8-3-9-19-2)20(17,18)12-6-4-11(14)5-7-12/h4-7,10H,3,8-9H2,1-2H3,(H,15,16). The minimum absolute atomic E-state index is 0.139. The second-order valence-corrected chi connectivity index (χ2v) is 7.46. The number of hydrogen-bond donors (Lipinski definition) is 1. The lowest BCUT2D eigenvalue weighted by molar-refractivity contribution is -0.120. The van der Waals surface area contributed by atoms with E-state index >= 15 is 0 Å². The number of nitrogens with one attached hydrogen (secondary N) is 1. The van der Waals surface area contributed by atoms with E-state index in [0.717, 1.165) is 4.47 Å². The molecule has 1 rings (SSSR count). The summed E-state index contributed by atoms with van der Waals surface area (Å²) in [6, 6.07) is 6.23. The molecule has 5 nitrogen and oxygen atoms in total. The van der Waals surface area contributed by atoms with Gasteiger partial charge in [-0.1, -0.05) is 15.9 Å². The molecule has 0 aliphatic rings. The summed E-state index contributed by atoms with van der Waals surface area (Å²) in [5.41, 5.74) is 0. The normalized spacial score (nSPS) is 12.9. The molecule has 20 heavy (non-hydrogen) atoms. The van der Waals surface area contributed by atoms with Crippen molar-refractivity contribution in [2.75, 3.05) is 20.3 Å². The van der Waals surface area contributed by atoms with Crippen molar-refractivity contribution in [2.45, 2.75) is 23.5 Å². The van der Waals surface area contributed by atoms with Gasteiger partial charge in [0.25, 0.3) is 0 Å². The molecule has 0 aromatic heterocycles. The number of benzene rings is 1. The first-order valence-corrected chi connectivity index (χ1v) is 8.49. The predicted octanol–water partition coefficient (Wildman–Crippen LogP) is 1.76. The fraction of sp³-hybridized carbons (Fsp3) is 0.462. The summed E-state index contributed by atoms with van der Waals surface area (Å²) in [7, 11) is -2.09. The third kappa shape index (κ3) is 4.57. The number of halogens is 1. The van der Waals surface area contributed by atoms with Crippen molar-refractivity contribution in [3.63, 3.8) is 0 Å². The average molecular weight is 364 g/mol. The minimum Gasteiger partial charge on any atom is -0.385 e. The molecule has 1 aromatic carbocycles. The number of amides is 1. The highest BCUT2D eigenvalue weighted by Gasteiger charge is 2.29. The van der Waals surface area contributed by atoms with Gasteiger partial charge in [-0.15, -0.1) is 0 Å². The third-order valence-electron chi connectivity index (χ3n) is 2.80. The molecule has 0 aliphatic carbocycles. The van der Waals surface area contributed by atoms with Crippen LogP contribution in [0.5, 0.6) is 0 Å². The molecule has 1 N–H and O–H groups in total. The van der Waals surface area contributed by atoms with E-state index in [2.05, 4.69) is 21.2 Å². The molecule has 0 bridgehead atoms. The van der Waals surface area contributed by atoms with E-state index in [-0.39, 0.29) is 4.90 Å². The molecule has 1 aromatic rings. The van der Waals surface area contributed by atoms with Crippen molar-refractivity contribution in [3.05, 3.63) is 28.7 Å².